The van der Waals surface area contributed by atoms with Gasteiger partial charge in [0.1, 0.15) is 0 Å². The highest BCUT2D eigenvalue weighted by molar-refractivity contribution is 5.74. The van der Waals surface area contributed by atoms with E-state index in [9.17, 15) is 4.79 Å². The Balaban J connectivity index is 1.74. The lowest BCUT2D eigenvalue weighted by molar-refractivity contribution is 0.174. The molecule has 3 heterocycles. The van der Waals surface area contributed by atoms with Gasteiger partial charge in [0, 0.05) is 18.8 Å². The van der Waals surface area contributed by atoms with E-state index in [2.05, 4.69) is 4.98 Å². The van der Waals surface area contributed by atoms with Crippen LogP contribution in [-0.4, -0.2) is 20.9 Å². The quantitative estimate of drug-likeness (QED) is 0.745. The number of hydrogen-bond acceptors (Lipinski definition) is 4. The van der Waals surface area contributed by atoms with Gasteiger partial charge in [-0.3, -0.25) is 4.57 Å². The maximum atomic E-state index is 13.0. The highest BCUT2D eigenvalue weighted by atomic mass is 16.7. The zero-order chi connectivity index (χ0) is 15.4. The van der Waals surface area contributed by atoms with E-state index in [1.807, 2.05) is 34.9 Å². The molecule has 116 valence electrons. The van der Waals surface area contributed by atoms with Crippen LogP contribution in [0.15, 0.2) is 41.3 Å². The van der Waals surface area contributed by atoms with Gasteiger partial charge in [0.05, 0.1) is 11.2 Å². The third-order valence-corrected chi connectivity index (χ3v) is 4.44. The first-order valence-corrected chi connectivity index (χ1v) is 7.77. The third-order valence-electron chi connectivity index (χ3n) is 4.44. The number of imidazole rings is 1. The van der Waals surface area contributed by atoms with Crippen LogP contribution in [0.2, 0.25) is 0 Å². The summed E-state index contributed by atoms with van der Waals surface area (Å²) < 4.78 is 14.3. The lowest BCUT2D eigenvalue weighted by atomic mass is 10.2. The molecule has 6 nitrogen and oxygen atoms in total. The molecule has 5 rings (SSSR count). The summed E-state index contributed by atoms with van der Waals surface area (Å²) in [6.45, 7) is 0.980. The third kappa shape index (κ3) is 1.94. The molecule has 0 unspecified atom stereocenters. The van der Waals surface area contributed by atoms with E-state index in [1.54, 1.807) is 10.8 Å². The number of aromatic nitrogens is 3. The molecular weight excluding hydrogens is 294 g/mol. The lowest BCUT2D eigenvalue weighted by Gasteiger charge is -2.04. The number of benzene rings is 1. The van der Waals surface area contributed by atoms with Crippen LogP contribution in [0, 0.1) is 5.92 Å². The van der Waals surface area contributed by atoms with E-state index < -0.39 is 0 Å². The Morgan fingerprint density at radius 3 is 2.91 bits per heavy atom. The summed E-state index contributed by atoms with van der Waals surface area (Å²) in [6, 6.07) is 9.35. The maximum Gasteiger partial charge on any atom is 0.334 e. The number of rotatable bonds is 3. The largest absolute Gasteiger partial charge is 0.454 e. The normalized spacial score (nSPS) is 16.2. The van der Waals surface area contributed by atoms with E-state index in [4.69, 9.17) is 9.47 Å². The number of ether oxygens (including phenoxy) is 2. The molecule has 3 aromatic rings. The topological polar surface area (TPSA) is 58.3 Å². The molecule has 0 saturated heterocycles. The summed E-state index contributed by atoms with van der Waals surface area (Å²) in [5.74, 6) is 1.98. The second-order valence-electron chi connectivity index (χ2n) is 6.06. The smallest absolute Gasteiger partial charge is 0.334 e. The molecule has 23 heavy (non-hydrogen) atoms. The minimum Gasteiger partial charge on any atom is -0.454 e. The molecule has 1 aliphatic heterocycles. The van der Waals surface area contributed by atoms with Crippen LogP contribution in [0.25, 0.3) is 16.9 Å². The van der Waals surface area contributed by atoms with Crippen LogP contribution in [0.1, 0.15) is 12.8 Å². The molecule has 1 fully saturated rings. The van der Waals surface area contributed by atoms with Gasteiger partial charge in [0.15, 0.2) is 17.1 Å². The summed E-state index contributed by atoms with van der Waals surface area (Å²) >= 11 is 0. The second kappa shape index (κ2) is 4.62. The monoisotopic (exact) mass is 309 g/mol. The summed E-state index contributed by atoms with van der Waals surface area (Å²) in [6.07, 6.45) is 4.11. The minimum atomic E-state index is -0.0514. The van der Waals surface area contributed by atoms with Crippen LogP contribution in [0.5, 0.6) is 11.5 Å². The number of fused-ring (bicyclic) bond motifs is 2. The molecule has 1 aromatic carbocycles. The summed E-state index contributed by atoms with van der Waals surface area (Å²) in [4.78, 5) is 17.4. The van der Waals surface area contributed by atoms with Gasteiger partial charge < -0.3 is 9.47 Å². The van der Waals surface area contributed by atoms with Gasteiger partial charge in [0.25, 0.3) is 0 Å². The van der Waals surface area contributed by atoms with E-state index in [-0.39, 0.29) is 12.5 Å². The van der Waals surface area contributed by atoms with Crippen LogP contribution < -0.4 is 15.2 Å². The highest BCUT2D eigenvalue weighted by Gasteiger charge is 2.25. The minimum absolute atomic E-state index is 0.0514. The fourth-order valence-electron chi connectivity index (χ4n) is 3.08. The molecule has 0 bridgehead atoms. The second-order valence-corrected chi connectivity index (χ2v) is 6.06. The van der Waals surface area contributed by atoms with Crippen molar-refractivity contribution in [3.8, 4) is 17.2 Å². The molecule has 6 heteroatoms. The van der Waals surface area contributed by atoms with Crippen molar-refractivity contribution < 1.29 is 9.47 Å². The Morgan fingerprint density at radius 2 is 2.04 bits per heavy atom. The summed E-state index contributed by atoms with van der Waals surface area (Å²) in [7, 11) is 0. The first-order valence-electron chi connectivity index (χ1n) is 7.77. The standard InChI is InChI=1S/C17H15N3O3/c21-17-19(9-11-3-4-11)13-2-1-7-18-16(13)20(17)12-5-6-14-15(8-12)23-10-22-14/h1-2,5-8,11H,3-4,9-10H2. The Hall–Kier alpha value is -2.76. The van der Waals surface area contributed by atoms with E-state index in [1.165, 1.54) is 12.8 Å². The Kier molecular flexibility index (Phi) is 2.56. The van der Waals surface area contributed by atoms with Gasteiger partial charge in [-0.2, -0.15) is 0 Å². The van der Waals surface area contributed by atoms with Crippen molar-refractivity contribution in [1.82, 2.24) is 14.1 Å². The molecule has 0 atom stereocenters. The van der Waals surface area contributed by atoms with Crippen molar-refractivity contribution >= 4 is 11.2 Å². The van der Waals surface area contributed by atoms with E-state index >= 15 is 0 Å². The zero-order valence-corrected chi connectivity index (χ0v) is 12.4. The fourth-order valence-corrected chi connectivity index (χ4v) is 3.08. The SMILES string of the molecule is O=c1n(CC2CC2)c2cccnc2n1-c1ccc2c(c1)OCO2. The van der Waals surface area contributed by atoms with Gasteiger partial charge in [-0.25, -0.2) is 14.3 Å². The molecule has 0 amide bonds. The molecule has 0 N–H and O–H groups in total. The number of pyridine rings is 1. The van der Waals surface area contributed by atoms with Gasteiger partial charge in [-0.15, -0.1) is 0 Å². The first kappa shape index (κ1) is 12.8. The summed E-state index contributed by atoms with van der Waals surface area (Å²) in [5, 5.41) is 0. The molecule has 0 radical (unpaired) electrons. The van der Waals surface area contributed by atoms with Crippen LogP contribution in [0.3, 0.4) is 0 Å². The van der Waals surface area contributed by atoms with Crippen LogP contribution in [0.4, 0.5) is 0 Å². The van der Waals surface area contributed by atoms with Crippen molar-refractivity contribution in [2.75, 3.05) is 6.79 Å². The average Bonchev–Trinajstić information content (AvgIpc) is 3.19. The van der Waals surface area contributed by atoms with Crippen molar-refractivity contribution in [3.05, 3.63) is 47.0 Å². The Morgan fingerprint density at radius 1 is 1.17 bits per heavy atom. The highest BCUT2D eigenvalue weighted by Crippen LogP contribution is 2.34. The predicted molar refractivity (Wildman–Crippen MR) is 84.2 cm³/mol. The van der Waals surface area contributed by atoms with Gasteiger partial charge >= 0.3 is 5.69 Å². The fraction of sp³-hybridized carbons (Fsp3) is 0.294. The predicted octanol–water partition coefficient (Wildman–Crippen LogP) is 2.33. The van der Waals surface area contributed by atoms with Crippen LogP contribution >= 0.6 is 0 Å². The van der Waals surface area contributed by atoms with Crippen LogP contribution in [-0.2, 0) is 6.54 Å². The van der Waals surface area contributed by atoms with E-state index in [0.717, 1.165) is 17.7 Å². The van der Waals surface area contributed by atoms with E-state index in [0.29, 0.717) is 23.1 Å². The molecule has 0 spiro atoms. The van der Waals surface area contributed by atoms with Crippen molar-refractivity contribution in [1.29, 1.82) is 0 Å². The van der Waals surface area contributed by atoms with Crippen molar-refractivity contribution in [3.63, 3.8) is 0 Å². The molecular formula is C17H15N3O3. The Bertz CT molecular complexity index is 969. The zero-order valence-electron chi connectivity index (χ0n) is 12.4. The van der Waals surface area contributed by atoms with Crippen molar-refractivity contribution in [2.24, 2.45) is 5.92 Å². The molecule has 2 aliphatic rings. The van der Waals surface area contributed by atoms with Crippen molar-refractivity contribution in [2.45, 2.75) is 19.4 Å². The maximum absolute atomic E-state index is 13.0. The number of nitrogens with zero attached hydrogens (tertiary/aromatic N) is 3. The van der Waals surface area contributed by atoms with Gasteiger partial charge in [-0.05, 0) is 43.0 Å². The summed E-state index contributed by atoms with van der Waals surface area (Å²) in [5.41, 5.74) is 2.25. The van der Waals surface area contributed by atoms with Gasteiger partial charge in [-0.1, -0.05) is 0 Å². The number of hydrogen-bond donors (Lipinski definition) is 0. The first-order chi connectivity index (χ1) is 11.3. The molecule has 2 aromatic heterocycles. The Labute approximate surface area is 131 Å². The molecule has 1 saturated carbocycles. The average molecular weight is 309 g/mol. The van der Waals surface area contributed by atoms with Gasteiger partial charge in [0.2, 0.25) is 6.79 Å². The lowest BCUT2D eigenvalue weighted by Crippen LogP contribution is -2.24. The molecule has 1 aliphatic carbocycles.